The van der Waals surface area contributed by atoms with E-state index in [1.165, 1.54) is 11.1 Å². The van der Waals surface area contributed by atoms with Crippen molar-refractivity contribution in [3.05, 3.63) is 64.7 Å². The Morgan fingerprint density at radius 3 is 2.38 bits per heavy atom. The van der Waals surface area contributed by atoms with Gasteiger partial charge in [0.05, 0.1) is 7.11 Å². The maximum Gasteiger partial charge on any atom is 0.170 e. The van der Waals surface area contributed by atoms with Crippen molar-refractivity contribution >= 4 is 5.78 Å². The lowest BCUT2D eigenvalue weighted by Crippen LogP contribution is -2.37. The van der Waals surface area contributed by atoms with Gasteiger partial charge < -0.3 is 4.74 Å². The highest BCUT2D eigenvalue weighted by Gasteiger charge is 2.46. The monoisotopic (exact) mass is 278 g/mol. The third-order valence-electron chi connectivity index (χ3n) is 5.11. The average Bonchev–Trinajstić information content (AvgIpc) is 2.90. The molecule has 4 rings (SSSR count). The summed E-state index contributed by atoms with van der Waals surface area (Å²) in [6.45, 7) is 0. The van der Waals surface area contributed by atoms with Crippen LogP contribution in [0.3, 0.4) is 0 Å². The summed E-state index contributed by atoms with van der Waals surface area (Å²) in [6, 6.07) is 14.3. The Kier molecular flexibility index (Phi) is 2.68. The van der Waals surface area contributed by atoms with Crippen LogP contribution in [0.15, 0.2) is 42.5 Å². The molecule has 0 radical (unpaired) electrons. The Bertz CT molecular complexity index is 705. The van der Waals surface area contributed by atoms with Crippen molar-refractivity contribution in [1.82, 2.24) is 0 Å². The summed E-state index contributed by atoms with van der Waals surface area (Å²) in [5.41, 5.74) is 4.43. The highest BCUT2D eigenvalue weighted by atomic mass is 16.5. The largest absolute Gasteiger partial charge is 0.496 e. The summed E-state index contributed by atoms with van der Waals surface area (Å²) in [5, 5.41) is 0. The van der Waals surface area contributed by atoms with E-state index in [9.17, 15) is 4.79 Å². The summed E-state index contributed by atoms with van der Waals surface area (Å²) in [4.78, 5) is 13.1. The number of rotatable bonds is 1. The third kappa shape index (κ3) is 1.75. The molecule has 2 aliphatic carbocycles. The molecule has 2 heteroatoms. The minimum atomic E-state index is -0.219. The molecule has 0 N–H and O–H groups in total. The highest BCUT2D eigenvalue weighted by molar-refractivity contribution is 6.04. The Hall–Kier alpha value is -2.09. The van der Waals surface area contributed by atoms with Crippen molar-refractivity contribution in [1.29, 1.82) is 0 Å². The predicted molar refractivity (Wildman–Crippen MR) is 81.9 cm³/mol. The van der Waals surface area contributed by atoms with Gasteiger partial charge in [-0.25, -0.2) is 0 Å². The van der Waals surface area contributed by atoms with Gasteiger partial charge in [-0.2, -0.15) is 0 Å². The Morgan fingerprint density at radius 2 is 1.71 bits per heavy atom. The molecule has 106 valence electrons. The number of fused-ring (bicyclic) bond motifs is 2. The molecule has 2 aliphatic rings. The van der Waals surface area contributed by atoms with E-state index in [4.69, 9.17) is 4.74 Å². The fourth-order valence-electron chi connectivity index (χ4n) is 4.02. The molecule has 0 heterocycles. The Labute approximate surface area is 124 Å². The quantitative estimate of drug-likeness (QED) is 0.796. The predicted octanol–water partition coefficient (Wildman–Crippen LogP) is 3.61. The van der Waals surface area contributed by atoms with E-state index in [1.807, 2.05) is 18.2 Å². The van der Waals surface area contributed by atoms with E-state index >= 15 is 0 Å². The number of methoxy groups -OCH3 is 1. The van der Waals surface area contributed by atoms with Gasteiger partial charge >= 0.3 is 0 Å². The molecule has 0 unspecified atom stereocenters. The van der Waals surface area contributed by atoms with Crippen molar-refractivity contribution in [2.24, 2.45) is 5.41 Å². The number of carbonyl (C=O) groups excluding carboxylic acids is 1. The van der Waals surface area contributed by atoms with Gasteiger partial charge in [0.2, 0.25) is 0 Å². The zero-order chi connectivity index (χ0) is 14.4. The Balaban J connectivity index is 1.77. The van der Waals surface area contributed by atoms with E-state index in [0.29, 0.717) is 5.78 Å². The average molecular weight is 278 g/mol. The maximum atomic E-state index is 13.1. The summed E-state index contributed by atoms with van der Waals surface area (Å²) >= 11 is 0. The zero-order valence-electron chi connectivity index (χ0n) is 12.2. The van der Waals surface area contributed by atoms with Gasteiger partial charge in [0.25, 0.3) is 0 Å². The number of ether oxygens (including phenoxy) is 1. The molecule has 2 nitrogen and oxygen atoms in total. The molecule has 2 aromatic rings. The van der Waals surface area contributed by atoms with E-state index < -0.39 is 0 Å². The fraction of sp³-hybridized carbons (Fsp3) is 0.316. The van der Waals surface area contributed by atoms with Crippen LogP contribution in [0.5, 0.6) is 5.75 Å². The van der Waals surface area contributed by atoms with Crippen LogP contribution in [-0.2, 0) is 19.3 Å². The second-order valence-electron chi connectivity index (χ2n) is 6.22. The SMILES string of the molecule is COc1cccc2c1CCC1(Cc3ccccc3C1)C2=O. The molecule has 0 amide bonds. The molecule has 0 bridgehead atoms. The summed E-state index contributed by atoms with van der Waals surface area (Å²) < 4.78 is 5.42. The first-order valence-electron chi connectivity index (χ1n) is 7.51. The van der Waals surface area contributed by atoms with Crippen molar-refractivity contribution in [3.8, 4) is 5.75 Å². The molecule has 1 spiro atoms. The van der Waals surface area contributed by atoms with Crippen LogP contribution in [-0.4, -0.2) is 12.9 Å². The standard InChI is InChI=1S/C19H18O2/c1-21-17-8-4-7-16-15(17)9-10-19(18(16)20)11-13-5-2-3-6-14(13)12-19/h2-8H,9-12H2,1H3. The van der Waals surface area contributed by atoms with Crippen LogP contribution in [0, 0.1) is 5.41 Å². The van der Waals surface area contributed by atoms with Gasteiger partial charge in [0, 0.05) is 16.5 Å². The van der Waals surface area contributed by atoms with Crippen LogP contribution in [0.25, 0.3) is 0 Å². The highest BCUT2D eigenvalue weighted by Crippen LogP contribution is 2.47. The van der Waals surface area contributed by atoms with Crippen molar-refractivity contribution in [3.63, 3.8) is 0 Å². The molecule has 0 atom stereocenters. The van der Waals surface area contributed by atoms with Crippen LogP contribution in [0.1, 0.15) is 33.5 Å². The van der Waals surface area contributed by atoms with Gasteiger partial charge in [0.15, 0.2) is 5.78 Å². The molecule has 2 aromatic carbocycles. The number of Topliss-reactive ketones (excluding diaryl/α,β-unsaturated/α-hetero) is 1. The molecule has 0 fully saturated rings. The molecular formula is C19H18O2. The Morgan fingerprint density at radius 1 is 1.00 bits per heavy atom. The molecule has 21 heavy (non-hydrogen) atoms. The fourth-order valence-corrected chi connectivity index (χ4v) is 4.02. The van der Waals surface area contributed by atoms with Crippen LogP contribution >= 0.6 is 0 Å². The second-order valence-corrected chi connectivity index (χ2v) is 6.22. The molecular weight excluding hydrogens is 260 g/mol. The molecule has 0 saturated carbocycles. The van der Waals surface area contributed by atoms with Gasteiger partial charge in [-0.1, -0.05) is 36.4 Å². The van der Waals surface area contributed by atoms with E-state index in [1.54, 1.807) is 7.11 Å². The van der Waals surface area contributed by atoms with E-state index in [0.717, 1.165) is 42.6 Å². The third-order valence-corrected chi connectivity index (χ3v) is 5.11. The number of carbonyl (C=O) groups is 1. The second kappa shape index (κ2) is 4.45. The topological polar surface area (TPSA) is 26.3 Å². The van der Waals surface area contributed by atoms with Crippen LogP contribution < -0.4 is 4.74 Å². The first-order chi connectivity index (χ1) is 10.2. The van der Waals surface area contributed by atoms with Crippen LogP contribution in [0.4, 0.5) is 0 Å². The normalized spacial score (nSPS) is 18.4. The molecule has 0 saturated heterocycles. The lowest BCUT2D eigenvalue weighted by molar-refractivity contribution is 0.0769. The summed E-state index contributed by atoms with van der Waals surface area (Å²) in [7, 11) is 1.68. The lowest BCUT2D eigenvalue weighted by atomic mass is 9.68. The van der Waals surface area contributed by atoms with E-state index in [-0.39, 0.29) is 5.41 Å². The minimum Gasteiger partial charge on any atom is -0.496 e. The first-order valence-corrected chi connectivity index (χ1v) is 7.51. The van der Waals surface area contributed by atoms with Gasteiger partial charge in [-0.3, -0.25) is 4.79 Å². The summed E-state index contributed by atoms with van der Waals surface area (Å²) in [6.07, 6.45) is 3.63. The van der Waals surface area contributed by atoms with Crippen LogP contribution in [0.2, 0.25) is 0 Å². The molecule has 0 aromatic heterocycles. The maximum absolute atomic E-state index is 13.1. The number of ketones is 1. The van der Waals surface area contributed by atoms with Gasteiger partial charge in [-0.15, -0.1) is 0 Å². The van der Waals surface area contributed by atoms with E-state index in [2.05, 4.69) is 24.3 Å². The van der Waals surface area contributed by atoms with Crippen molar-refractivity contribution < 1.29 is 9.53 Å². The minimum absolute atomic E-state index is 0.219. The first kappa shape index (κ1) is 12.6. The smallest absolute Gasteiger partial charge is 0.170 e. The number of benzene rings is 2. The molecule has 0 aliphatic heterocycles. The number of hydrogen-bond acceptors (Lipinski definition) is 2. The van der Waals surface area contributed by atoms with Crippen molar-refractivity contribution in [2.45, 2.75) is 25.7 Å². The zero-order valence-corrected chi connectivity index (χ0v) is 12.2. The van der Waals surface area contributed by atoms with Gasteiger partial charge in [-0.05, 0) is 42.9 Å². The lowest BCUT2D eigenvalue weighted by Gasteiger charge is -2.33. The van der Waals surface area contributed by atoms with Gasteiger partial charge in [0.1, 0.15) is 5.75 Å². The van der Waals surface area contributed by atoms with Crippen molar-refractivity contribution in [2.75, 3.05) is 7.11 Å². The number of hydrogen-bond donors (Lipinski definition) is 0. The summed E-state index contributed by atoms with van der Waals surface area (Å²) in [5.74, 6) is 1.16.